The highest BCUT2D eigenvalue weighted by Crippen LogP contribution is 2.25. The van der Waals surface area contributed by atoms with Gasteiger partial charge in [-0.2, -0.15) is 0 Å². The number of hydrogen-bond donors (Lipinski definition) is 2. The van der Waals surface area contributed by atoms with Gasteiger partial charge in [0.2, 0.25) is 5.91 Å². The van der Waals surface area contributed by atoms with Gasteiger partial charge in [-0.3, -0.25) is 9.69 Å². The van der Waals surface area contributed by atoms with Gasteiger partial charge in [-0.15, -0.1) is 0 Å². The molecule has 1 heterocycles. The molecule has 2 N–H and O–H groups in total. The maximum absolute atomic E-state index is 12.2. The van der Waals surface area contributed by atoms with Crippen molar-refractivity contribution in [1.82, 2.24) is 10.2 Å². The molecule has 2 rings (SSSR count). The number of carbonyl (C=O) groups excluding carboxylic acids is 1. The summed E-state index contributed by atoms with van der Waals surface area (Å²) in [5.74, 6) is -0.0378. The fraction of sp³-hybridized carbons (Fsp3) is 0.500. The Labute approximate surface area is 133 Å². The molecule has 0 unspecified atom stereocenters. The summed E-state index contributed by atoms with van der Waals surface area (Å²) in [6, 6.07) is 5.43. The number of nitrogens with one attached hydrogen (secondary N) is 2. The second-order valence-electron chi connectivity index (χ2n) is 5.58. The molecule has 1 fully saturated rings. The number of halogens is 2. The summed E-state index contributed by atoms with van der Waals surface area (Å²) in [5.41, 5.74) is 0.631. The number of nitrogens with zero attached hydrogens (tertiary/aromatic N) is 1. The molecule has 1 saturated heterocycles. The SMILES string of the molecule is CC1(C)CNCCN1CC(=O)Nc1ccc(Br)cc1Cl. The van der Waals surface area contributed by atoms with Crippen molar-refractivity contribution in [3.8, 4) is 0 Å². The fourth-order valence-corrected chi connectivity index (χ4v) is 2.99. The number of carbonyl (C=O) groups is 1. The molecule has 4 nitrogen and oxygen atoms in total. The summed E-state index contributed by atoms with van der Waals surface area (Å²) >= 11 is 9.45. The standard InChI is InChI=1S/C14H19BrClN3O/c1-14(2)9-17-5-6-19(14)8-13(20)18-12-4-3-10(15)7-11(12)16/h3-4,7,17H,5-6,8-9H2,1-2H3,(H,18,20). The maximum atomic E-state index is 12.2. The van der Waals surface area contributed by atoms with Crippen LogP contribution in [-0.2, 0) is 4.79 Å². The van der Waals surface area contributed by atoms with Gasteiger partial charge < -0.3 is 10.6 Å². The van der Waals surface area contributed by atoms with Crippen LogP contribution in [0.3, 0.4) is 0 Å². The van der Waals surface area contributed by atoms with E-state index in [1.165, 1.54) is 0 Å². The lowest BCUT2D eigenvalue weighted by atomic mass is 10.0. The molecule has 0 atom stereocenters. The van der Waals surface area contributed by atoms with Gasteiger partial charge in [0.05, 0.1) is 17.3 Å². The predicted molar refractivity (Wildman–Crippen MR) is 86.3 cm³/mol. The van der Waals surface area contributed by atoms with Crippen molar-refractivity contribution in [1.29, 1.82) is 0 Å². The van der Waals surface area contributed by atoms with Gasteiger partial charge in [0.1, 0.15) is 0 Å². The van der Waals surface area contributed by atoms with Crippen LogP contribution in [0.15, 0.2) is 22.7 Å². The van der Waals surface area contributed by atoms with Gasteiger partial charge >= 0.3 is 0 Å². The highest BCUT2D eigenvalue weighted by molar-refractivity contribution is 9.10. The van der Waals surface area contributed by atoms with Crippen molar-refractivity contribution in [2.45, 2.75) is 19.4 Å². The highest BCUT2D eigenvalue weighted by atomic mass is 79.9. The minimum atomic E-state index is -0.0378. The molecular formula is C14H19BrClN3O. The van der Waals surface area contributed by atoms with E-state index in [0.29, 0.717) is 17.3 Å². The number of hydrogen-bond acceptors (Lipinski definition) is 3. The second-order valence-corrected chi connectivity index (χ2v) is 6.91. The Kier molecular flexibility index (Phi) is 5.07. The topological polar surface area (TPSA) is 44.4 Å². The Morgan fingerprint density at radius 1 is 1.55 bits per heavy atom. The molecule has 0 spiro atoms. The first-order valence-electron chi connectivity index (χ1n) is 6.59. The second kappa shape index (κ2) is 6.43. The van der Waals surface area contributed by atoms with E-state index in [2.05, 4.69) is 45.3 Å². The van der Waals surface area contributed by atoms with E-state index in [1.807, 2.05) is 6.07 Å². The molecule has 1 aliphatic heterocycles. The summed E-state index contributed by atoms with van der Waals surface area (Å²) in [4.78, 5) is 14.3. The van der Waals surface area contributed by atoms with Crippen molar-refractivity contribution < 1.29 is 4.79 Å². The van der Waals surface area contributed by atoms with Crippen LogP contribution < -0.4 is 10.6 Å². The van der Waals surface area contributed by atoms with Gasteiger partial charge in [0.15, 0.2) is 0 Å². The molecule has 6 heteroatoms. The van der Waals surface area contributed by atoms with Gasteiger partial charge in [0, 0.05) is 29.6 Å². The first-order chi connectivity index (χ1) is 9.38. The lowest BCUT2D eigenvalue weighted by Gasteiger charge is -2.42. The first-order valence-corrected chi connectivity index (χ1v) is 7.76. The molecule has 1 amide bonds. The Bertz CT molecular complexity index is 507. The van der Waals surface area contributed by atoms with E-state index >= 15 is 0 Å². The van der Waals surface area contributed by atoms with Gasteiger partial charge in [-0.05, 0) is 32.0 Å². The Morgan fingerprint density at radius 2 is 2.30 bits per heavy atom. The van der Waals surface area contributed by atoms with Gasteiger partial charge in [-0.25, -0.2) is 0 Å². The summed E-state index contributed by atoms with van der Waals surface area (Å²) < 4.78 is 0.892. The molecule has 0 saturated carbocycles. The van der Waals surface area contributed by atoms with Crippen LogP contribution >= 0.6 is 27.5 Å². The number of piperazine rings is 1. The highest BCUT2D eigenvalue weighted by Gasteiger charge is 2.30. The van der Waals surface area contributed by atoms with Crippen molar-refractivity contribution >= 4 is 39.1 Å². The molecule has 1 aliphatic rings. The molecule has 0 radical (unpaired) electrons. The van der Waals surface area contributed by atoms with E-state index in [0.717, 1.165) is 24.1 Å². The molecule has 20 heavy (non-hydrogen) atoms. The van der Waals surface area contributed by atoms with Crippen LogP contribution in [0.4, 0.5) is 5.69 Å². The molecular weight excluding hydrogens is 342 g/mol. The quantitative estimate of drug-likeness (QED) is 0.871. The average Bonchev–Trinajstić information content (AvgIpc) is 2.35. The zero-order valence-corrected chi connectivity index (χ0v) is 14.0. The normalized spacial score (nSPS) is 18.8. The maximum Gasteiger partial charge on any atom is 0.238 e. The van der Waals surface area contributed by atoms with Crippen LogP contribution in [0, 0.1) is 0 Å². The molecule has 0 aromatic heterocycles. The van der Waals surface area contributed by atoms with E-state index in [4.69, 9.17) is 11.6 Å². The van der Waals surface area contributed by atoms with Crippen molar-refractivity contribution in [2.75, 3.05) is 31.5 Å². The monoisotopic (exact) mass is 359 g/mol. The van der Waals surface area contributed by atoms with Crippen molar-refractivity contribution in [3.05, 3.63) is 27.7 Å². The number of benzene rings is 1. The third-order valence-corrected chi connectivity index (χ3v) is 4.32. The van der Waals surface area contributed by atoms with E-state index < -0.39 is 0 Å². The Hall–Kier alpha value is -0.620. The zero-order valence-electron chi connectivity index (χ0n) is 11.7. The zero-order chi connectivity index (χ0) is 14.8. The van der Waals surface area contributed by atoms with Crippen molar-refractivity contribution in [2.24, 2.45) is 0 Å². The van der Waals surface area contributed by atoms with Gasteiger partial charge in [-0.1, -0.05) is 27.5 Å². The molecule has 0 bridgehead atoms. The smallest absolute Gasteiger partial charge is 0.238 e. The van der Waals surface area contributed by atoms with E-state index in [-0.39, 0.29) is 11.4 Å². The van der Waals surface area contributed by atoms with E-state index in [9.17, 15) is 4.79 Å². The Morgan fingerprint density at radius 3 is 2.95 bits per heavy atom. The molecule has 1 aromatic rings. The number of rotatable bonds is 3. The number of amides is 1. The van der Waals surface area contributed by atoms with Crippen LogP contribution in [0.1, 0.15) is 13.8 Å². The van der Waals surface area contributed by atoms with Crippen LogP contribution in [0.5, 0.6) is 0 Å². The minimum Gasteiger partial charge on any atom is -0.324 e. The third kappa shape index (κ3) is 3.95. The fourth-order valence-electron chi connectivity index (χ4n) is 2.27. The Balaban J connectivity index is 1.98. The van der Waals surface area contributed by atoms with Crippen LogP contribution in [-0.4, -0.2) is 42.5 Å². The summed E-state index contributed by atoms with van der Waals surface area (Å²) in [6.07, 6.45) is 0. The molecule has 1 aromatic carbocycles. The average molecular weight is 361 g/mol. The summed E-state index contributed by atoms with van der Waals surface area (Å²) in [6.45, 7) is 7.32. The predicted octanol–water partition coefficient (Wildman–Crippen LogP) is 2.72. The minimum absolute atomic E-state index is 0.0148. The van der Waals surface area contributed by atoms with Crippen molar-refractivity contribution in [3.63, 3.8) is 0 Å². The number of anilines is 1. The lowest BCUT2D eigenvalue weighted by Crippen LogP contribution is -2.59. The third-order valence-electron chi connectivity index (χ3n) is 3.51. The molecule has 110 valence electrons. The summed E-state index contributed by atoms with van der Waals surface area (Å²) in [7, 11) is 0. The first kappa shape index (κ1) is 15.8. The summed E-state index contributed by atoms with van der Waals surface area (Å²) in [5, 5.41) is 6.75. The largest absolute Gasteiger partial charge is 0.324 e. The molecule has 0 aliphatic carbocycles. The van der Waals surface area contributed by atoms with Crippen LogP contribution in [0.2, 0.25) is 5.02 Å². The van der Waals surface area contributed by atoms with Crippen LogP contribution in [0.25, 0.3) is 0 Å². The lowest BCUT2D eigenvalue weighted by molar-refractivity contribution is -0.119. The van der Waals surface area contributed by atoms with Gasteiger partial charge in [0.25, 0.3) is 0 Å². The van der Waals surface area contributed by atoms with E-state index in [1.54, 1.807) is 12.1 Å².